The van der Waals surface area contributed by atoms with E-state index in [1.54, 1.807) is 4.90 Å². The van der Waals surface area contributed by atoms with Gasteiger partial charge in [0.15, 0.2) is 0 Å². The van der Waals surface area contributed by atoms with Gasteiger partial charge in [-0.15, -0.1) is 0 Å². The minimum atomic E-state index is -1.07. The molecule has 0 radical (unpaired) electrons. The predicted molar refractivity (Wildman–Crippen MR) is 76.5 cm³/mol. The van der Waals surface area contributed by atoms with Crippen molar-refractivity contribution in [1.29, 1.82) is 0 Å². The molecule has 1 saturated carbocycles. The van der Waals surface area contributed by atoms with Gasteiger partial charge >= 0.3 is 12.0 Å². The maximum Gasteiger partial charge on any atom is 0.329 e. The Morgan fingerprint density at radius 2 is 2.05 bits per heavy atom. The highest BCUT2D eigenvalue weighted by molar-refractivity contribution is 5.86. The second-order valence-electron chi connectivity index (χ2n) is 5.88. The molecular weight excluding hydrogens is 256 g/mol. The summed E-state index contributed by atoms with van der Waals surface area (Å²) in [5, 5.41) is 12.3. The van der Waals surface area contributed by atoms with E-state index in [4.69, 9.17) is 0 Å². The van der Waals surface area contributed by atoms with E-state index in [-0.39, 0.29) is 6.03 Å². The van der Waals surface area contributed by atoms with Gasteiger partial charge in [-0.2, -0.15) is 0 Å². The van der Waals surface area contributed by atoms with Crippen LogP contribution in [0.5, 0.6) is 0 Å². The lowest BCUT2D eigenvalue weighted by Gasteiger charge is -2.38. The van der Waals surface area contributed by atoms with E-state index < -0.39 is 11.5 Å². The number of urea groups is 1. The molecule has 2 amide bonds. The minimum absolute atomic E-state index is 0.244. The Labute approximate surface area is 120 Å². The number of rotatable bonds is 3. The van der Waals surface area contributed by atoms with Crippen molar-refractivity contribution in [3.05, 3.63) is 12.2 Å². The molecule has 5 nitrogen and oxygen atoms in total. The molecule has 0 aromatic rings. The van der Waals surface area contributed by atoms with E-state index in [1.165, 1.54) is 0 Å². The molecule has 5 heteroatoms. The van der Waals surface area contributed by atoms with Crippen molar-refractivity contribution in [3.8, 4) is 0 Å². The highest BCUT2D eigenvalue weighted by Gasteiger charge is 2.43. The highest BCUT2D eigenvalue weighted by Crippen LogP contribution is 2.34. The molecule has 0 saturated heterocycles. The lowest BCUT2D eigenvalue weighted by molar-refractivity contribution is -0.146. The monoisotopic (exact) mass is 280 g/mol. The summed E-state index contributed by atoms with van der Waals surface area (Å²) >= 11 is 0. The number of carbonyl (C=O) groups is 2. The van der Waals surface area contributed by atoms with Crippen LogP contribution >= 0.6 is 0 Å². The van der Waals surface area contributed by atoms with Crippen molar-refractivity contribution in [2.45, 2.75) is 51.0 Å². The fourth-order valence-electron chi connectivity index (χ4n) is 3.08. The zero-order valence-electron chi connectivity index (χ0n) is 12.1. The second kappa shape index (κ2) is 6.29. The first-order valence-corrected chi connectivity index (χ1v) is 7.53. The number of carboxylic acids is 1. The molecule has 0 atom stereocenters. The van der Waals surface area contributed by atoms with E-state index >= 15 is 0 Å². The zero-order chi connectivity index (χ0) is 14.6. The minimum Gasteiger partial charge on any atom is -0.480 e. The van der Waals surface area contributed by atoms with Crippen molar-refractivity contribution in [1.82, 2.24) is 10.2 Å². The van der Waals surface area contributed by atoms with Crippen LogP contribution in [0.3, 0.4) is 0 Å². The maximum atomic E-state index is 12.2. The molecular formula is C15H24N2O3. The number of amides is 2. The molecule has 2 aliphatic rings. The van der Waals surface area contributed by atoms with Gasteiger partial charge in [-0.3, -0.25) is 0 Å². The molecule has 0 unspecified atom stereocenters. The summed E-state index contributed by atoms with van der Waals surface area (Å²) in [5.74, 6) is -0.301. The number of hydrogen-bond donors (Lipinski definition) is 2. The number of nitrogens with zero attached hydrogens (tertiary/aromatic N) is 1. The van der Waals surface area contributed by atoms with Gasteiger partial charge in [-0.25, -0.2) is 9.59 Å². The largest absolute Gasteiger partial charge is 0.480 e. The summed E-state index contributed by atoms with van der Waals surface area (Å²) in [5.41, 5.74) is -1.07. The SMILES string of the molecule is CCC1CCC(NC(=O)N2CC=CCC2)(C(=O)O)CC1. The number of hydrogen-bond acceptors (Lipinski definition) is 2. The first-order valence-electron chi connectivity index (χ1n) is 7.53. The molecule has 0 spiro atoms. The third-order valence-electron chi connectivity index (χ3n) is 4.64. The summed E-state index contributed by atoms with van der Waals surface area (Å²) in [4.78, 5) is 25.6. The van der Waals surface area contributed by atoms with E-state index in [0.717, 1.165) is 25.7 Å². The van der Waals surface area contributed by atoms with Crippen molar-refractivity contribution in [3.63, 3.8) is 0 Å². The van der Waals surface area contributed by atoms with Crippen LogP contribution in [0.25, 0.3) is 0 Å². The molecule has 112 valence electrons. The van der Waals surface area contributed by atoms with Crippen LogP contribution in [0.4, 0.5) is 4.79 Å². The van der Waals surface area contributed by atoms with Crippen LogP contribution < -0.4 is 5.32 Å². The van der Waals surface area contributed by atoms with Gasteiger partial charge in [-0.05, 0) is 38.0 Å². The average molecular weight is 280 g/mol. The van der Waals surface area contributed by atoms with Crippen LogP contribution in [-0.2, 0) is 4.79 Å². The molecule has 20 heavy (non-hydrogen) atoms. The summed E-state index contributed by atoms with van der Waals surface area (Å²) in [7, 11) is 0. The smallest absolute Gasteiger partial charge is 0.329 e. The third kappa shape index (κ3) is 3.14. The van der Waals surface area contributed by atoms with Crippen LogP contribution in [0.2, 0.25) is 0 Å². The molecule has 1 aliphatic heterocycles. The standard InChI is InChI=1S/C15H24N2O3/c1-2-12-6-8-15(9-7-12,13(18)19)16-14(20)17-10-4-3-5-11-17/h3-4,12H,2,5-11H2,1H3,(H,16,20)(H,18,19). The molecule has 1 heterocycles. The zero-order valence-corrected chi connectivity index (χ0v) is 12.1. The molecule has 0 bridgehead atoms. The first-order chi connectivity index (χ1) is 9.57. The summed E-state index contributed by atoms with van der Waals surface area (Å²) in [6.45, 7) is 3.37. The Morgan fingerprint density at radius 1 is 1.35 bits per heavy atom. The molecule has 1 aliphatic carbocycles. The van der Waals surface area contributed by atoms with E-state index in [2.05, 4.69) is 12.2 Å². The Balaban J connectivity index is 2.00. The Kier molecular flexibility index (Phi) is 4.68. The Morgan fingerprint density at radius 3 is 2.55 bits per heavy atom. The van der Waals surface area contributed by atoms with Crippen LogP contribution in [0.15, 0.2) is 12.2 Å². The lowest BCUT2D eigenvalue weighted by Crippen LogP contribution is -2.59. The van der Waals surface area contributed by atoms with E-state index in [1.807, 2.05) is 12.2 Å². The number of aliphatic carboxylic acids is 1. The Hall–Kier alpha value is -1.52. The van der Waals surface area contributed by atoms with Gasteiger partial charge in [0.2, 0.25) is 0 Å². The molecule has 1 fully saturated rings. The van der Waals surface area contributed by atoms with Gasteiger partial charge in [0.05, 0.1) is 0 Å². The van der Waals surface area contributed by atoms with Gasteiger partial charge in [0.25, 0.3) is 0 Å². The topological polar surface area (TPSA) is 69.6 Å². The van der Waals surface area contributed by atoms with Gasteiger partial charge in [0.1, 0.15) is 5.54 Å². The van der Waals surface area contributed by atoms with E-state index in [0.29, 0.717) is 31.8 Å². The molecule has 2 N–H and O–H groups in total. The third-order valence-corrected chi connectivity index (χ3v) is 4.64. The van der Waals surface area contributed by atoms with Crippen molar-refractivity contribution >= 4 is 12.0 Å². The van der Waals surface area contributed by atoms with Crippen molar-refractivity contribution < 1.29 is 14.7 Å². The maximum absolute atomic E-state index is 12.2. The summed E-state index contributed by atoms with van der Waals surface area (Å²) in [6.07, 6.45) is 8.75. The Bertz CT molecular complexity index is 398. The van der Waals surface area contributed by atoms with Crippen LogP contribution in [-0.4, -0.2) is 40.6 Å². The van der Waals surface area contributed by atoms with Crippen molar-refractivity contribution in [2.75, 3.05) is 13.1 Å². The number of nitrogens with one attached hydrogen (secondary N) is 1. The van der Waals surface area contributed by atoms with Crippen molar-refractivity contribution in [2.24, 2.45) is 5.92 Å². The molecule has 2 rings (SSSR count). The van der Waals surface area contributed by atoms with Gasteiger partial charge in [-0.1, -0.05) is 25.5 Å². The second-order valence-corrected chi connectivity index (χ2v) is 5.88. The number of carbonyl (C=O) groups excluding carboxylic acids is 1. The fraction of sp³-hybridized carbons (Fsp3) is 0.733. The summed E-state index contributed by atoms with van der Waals surface area (Å²) in [6, 6.07) is -0.244. The quantitative estimate of drug-likeness (QED) is 0.780. The molecule has 0 aromatic heterocycles. The highest BCUT2D eigenvalue weighted by atomic mass is 16.4. The van der Waals surface area contributed by atoms with Gasteiger partial charge < -0.3 is 15.3 Å². The predicted octanol–water partition coefficient (Wildman–Crippen LogP) is 2.38. The normalized spacial score (nSPS) is 30.1. The molecule has 0 aromatic carbocycles. The van der Waals surface area contributed by atoms with E-state index in [9.17, 15) is 14.7 Å². The average Bonchev–Trinajstić information content (AvgIpc) is 2.48. The van der Waals surface area contributed by atoms with Crippen LogP contribution in [0.1, 0.15) is 45.4 Å². The first kappa shape index (κ1) is 14.9. The number of carboxylic acid groups (broad SMARTS) is 1. The summed E-state index contributed by atoms with van der Waals surface area (Å²) < 4.78 is 0. The lowest BCUT2D eigenvalue weighted by atomic mass is 9.75. The van der Waals surface area contributed by atoms with Crippen LogP contribution in [0, 0.1) is 5.92 Å². The fourth-order valence-corrected chi connectivity index (χ4v) is 3.08. The van der Waals surface area contributed by atoms with Gasteiger partial charge in [0, 0.05) is 13.1 Å².